The summed E-state index contributed by atoms with van der Waals surface area (Å²) < 4.78 is 30.7. The van der Waals surface area contributed by atoms with E-state index < -0.39 is 41.6 Å². The molecule has 6 heteroatoms. The molecule has 0 saturated heterocycles. The fourth-order valence-corrected chi connectivity index (χ4v) is 1.03. The second-order valence-electron chi connectivity index (χ2n) is 3.43. The Morgan fingerprint density at radius 2 is 1.88 bits per heavy atom. The molecule has 1 atom stereocenters. The molecular weight excluding hydrogens is 232 g/mol. The van der Waals surface area contributed by atoms with Crippen LogP contribution in [-0.2, 0) is 9.53 Å². The predicted molar refractivity (Wildman–Crippen MR) is 55.3 cm³/mol. The van der Waals surface area contributed by atoms with Crippen LogP contribution in [0.4, 0.5) is 8.78 Å². The SMILES string of the molecule is CC(N)C(=O)COC(=O)c1c(F)cccc1F. The third-order valence-electron chi connectivity index (χ3n) is 2.02. The van der Waals surface area contributed by atoms with E-state index in [2.05, 4.69) is 4.74 Å². The molecule has 0 bridgehead atoms. The lowest BCUT2D eigenvalue weighted by atomic mass is 10.2. The van der Waals surface area contributed by atoms with Crippen molar-refractivity contribution in [3.05, 3.63) is 35.4 Å². The summed E-state index contributed by atoms with van der Waals surface area (Å²) in [4.78, 5) is 22.4. The molecule has 1 aromatic carbocycles. The van der Waals surface area contributed by atoms with E-state index in [-0.39, 0.29) is 0 Å². The number of rotatable bonds is 4. The van der Waals surface area contributed by atoms with Crippen LogP contribution in [0.1, 0.15) is 17.3 Å². The van der Waals surface area contributed by atoms with Gasteiger partial charge in [-0.2, -0.15) is 0 Å². The highest BCUT2D eigenvalue weighted by atomic mass is 19.1. The van der Waals surface area contributed by atoms with Crippen molar-refractivity contribution >= 4 is 11.8 Å². The van der Waals surface area contributed by atoms with Crippen LogP contribution in [0, 0.1) is 11.6 Å². The molecule has 2 N–H and O–H groups in total. The Morgan fingerprint density at radius 3 is 2.35 bits per heavy atom. The van der Waals surface area contributed by atoms with Gasteiger partial charge >= 0.3 is 5.97 Å². The average molecular weight is 243 g/mol. The fourth-order valence-electron chi connectivity index (χ4n) is 1.03. The minimum Gasteiger partial charge on any atom is -0.454 e. The van der Waals surface area contributed by atoms with Crippen LogP contribution in [0.2, 0.25) is 0 Å². The van der Waals surface area contributed by atoms with Crippen LogP contribution in [0.15, 0.2) is 18.2 Å². The minimum atomic E-state index is -1.23. The number of Topliss-reactive ketones (excluding diaryl/α,β-unsaturated/α-hetero) is 1. The predicted octanol–water partition coefficient (Wildman–Crippen LogP) is 1.04. The van der Waals surface area contributed by atoms with Gasteiger partial charge in [0.05, 0.1) is 6.04 Å². The number of nitrogens with two attached hydrogens (primary N) is 1. The Balaban J connectivity index is 2.74. The molecule has 0 heterocycles. The van der Waals surface area contributed by atoms with E-state index in [0.29, 0.717) is 0 Å². The summed E-state index contributed by atoms with van der Waals surface area (Å²) in [7, 11) is 0. The van der Waals surface area contributed by atoms with E-state index in [1.54, 1.807) is 0 Å². The van der Waals surface area contributed by atoms with Crippen molar-refractivity contribution in [3.8, 4) is 0 Å². The lowest BCUT2D eigenvalue weighted by molar-refractivity contribution is -0.123. The molecule has 0 radical (unpaired) electrons. The Kier molecular flexibility index (Phi) is 4.28. The molecule has 1 rings (SSSR count). The van der Waals surface area contributed by atoms with Crippen molar-refractivity contribution in [2.75, 3.05) is 6.61 Å². The molecule has 0 amide bonds. The van der Waals surface area contributed by atoms with Crippen LogP contribution in [0.3, 0.4) is 0 Å². The summed E-state index contributed by atoms with van der Waals surface area (Å²) in [5, 5.41) is 0. The first-order valence-electron chi connectivity index (χ1n) is 4.83. The number of carbonyl (C=O) groups is 2. The number of halogens is 2. The number of benzene rings is 1. The van der Waals surface area contributed by atoms with Gasteiger partial charge in [-0.25, -0.2) is 13.6 Å². The Bertz CT molecular complexity index is 426. The van der Waals surface area contributed by atoms with Gasteiger partial charge in [0.1, 0.15) is 17.2 Å². The molecule has 92 valence electrons. The van der Waals surface area contributed by atoms with Gasteiger partial charge in [0.15, 0.2) is 12.4 Å². The van der Waals surface area contributed by atoms with Crippen LogP contribution >= 0.6 is 0 Å². The highest BCUT2D eigenvalue weighted by Crippen LogP contribution is 2.13. The maximum atomic E-state index is 13.1. The first-order chi connectivity index (χ1) is 7.93. The van der Waals surface area contributed by atoms with Crippen molar-refractivity contribution in [1.29, 1.82) is 0 Å². The number of ether oxygens (including phenoxy) is 1. The summed E-state index contributed by atoms with van der Waals surface area (Å²) in [6.07, 6.45) is 0. The maximum Gasteiger partial charge on any atom is 0.344 e. The van der Waals surface area contributed by atoms with Gasteiger partial charge in [-0.1, -0.05) is 6.07 Å². The van der Waals surface area contributed by atoms with Crippen molar-refractivity contribution < 1.29 is 23.1 Å². The molecule has 0 aliphatic carbocycles. The quantitative estimate of drug-likeness (QED) is 0.802. The molecule has 17 heavy (non-hydrogen) atoms. The Hall–Kier alpha value is -1.82. The second-order valence-corrected chi connectivity index (χ2v) is 3.43. The number of carbonyl (C=O) groups excluding carboxylic acids is 2. The Labute approximate surface area is 96.4 Å². The first-order valence-corrected chi connectivity index (χ1v) is 4.83. The zero-order chi connectivity index (χ0) is 13.0. The van der Waals surface area contributed by atoms with Crippen LogP contribution < -0.4 is 5.73 Å². The van der Waals surface area contributed by atoms with Gasteiger partial charge in [-0.3, -0.25) is 4.79 Å². The number of ketones is 1. The lowest BCUT2D eigenvalue weighted by Gasteiger charge is -2.07. The smallest absolute Gasteiger partial charge is 0.344 e. The minimum absolute atomic E-state index is 0.532. The molecular formula is C11H11F2NO3. The van der Waals surface area contributed by atoms with E-state index >= 15 is 0 Å². The van der Waals surface area contributed by atoms with Gasteiger partial charge in [-0.05, 0) is 19.1 Å². The van der Waals surface area contributed by atoms with E-state index in [4.69, 9.17) is 5.73 Å². The molecule has 0 aliphatic rings. The van der Waals surface area contributed by atoms with Gasteiger partial charge in [-0.15, -0.1) is 0 Å². The van der Waals surface area contributed by atoms with Crippen LogP contribution in [-0.4, -0.2) is 24.4 Å². The zero-order valence-electron chi connectivity index (χ0n) is 9.07. The van der Waals surface area contributed by atoms with E-state index in [0.717, 1.165) is 18.2 Å². The van der Waals surface area contributed by atoms with E-state index in [1.807, 2.05) is 0 Å². The highest BCUT2D eigenvalue weighted by Gasteiger charge is 2.20. The van der Waals surface area contributed by atoms with Crippen molar-refractivity contribution in [2.24, 2.45) is 5.73 Å². The summed E-state index contributed by atoms with van der Waals surface area (Å²) in [5.41, 5.74) is 4.42. The fraction of sp³-hybridized carbons (Fsp3) is 0.273. The number of hydrogen-bond acceptors (Lipinski definition) is 4. The summed E-state index contributed by atoms with van der Waals surface area (Å²) in [6, 6.07) is 2.17. The molecule has 0 fully saturated rings. The van der Waals surface area contributed by atoms with Crippen molar-refractivity contribution in [2.45, 2.75) is 13.0 Å². The van der Waals surface area contributed by atoms with Gasteiger partial charge in [0.25, 0.3) is 0 Å². The van der Waals surface area contributed by atoms with E-state index in [1.165, 1.54) is 6.92 Å². The summed E-state index contributed by atoms with van der Waals surface area (Å²) in [6.45, 7) is 0.810. The van der Waals surface area contributed by atoms with Gasteiger partial charge in [0, 0.05) is 0 Å². The molecule has 1 unspecified atom stereocenters. The molecule has 0 saturated carbocycles. The first kappa shape index (κ1) is 13.2. The second kappa shape index (κ2) is 5.49. The topological polar surface area (TPSA) is 69.4 Å². The van der Waals surface area contributed by atoms with Crippen LogP contribution in [0.25, 0.3) is 0 Å². The average Bonchev–Trinajstić information content (AvgIpc) is 2.25. The lowest BCUT2D eigenvalue weighted by Crippen LogP contribution is -2.31. The zero-order valence-corrected chi connectivity index (χ0v) is 9.07. The van der Waals surface area contributed by atoms with E-state index in [9.17, 15) is 18.4 Å². The highest BCUT2D eigenvalue weighted by molar-refractivity contribution is 5.93. The molecule has 0 aromatic heterocycles. The number of hydrogen-bond donors (Lipinski definition) is 1. The normalized spacial score (nSPS) is 12.0. The standard InChI is InChI=1S/C11H11F2NO3/c1-6(14)9(15)5-17-11(16)10-7(12)3-2-4-8(10)13/h2-4,6H,5,14H2,1H3. The maximum absolute atomic E-state index is 13.1. The van der Waals surface area contributed by atoms with Crippen molar-refractivity contribution in [3.63, 3.8) is 0 Å². The monoisotopic (exact) mass is 243 g/mol. The molecule has 1 aromatic rings. The third kappa shape index (κ3) is 3.32. The summed E-state index contributed by atoms with van der Waals surface area (Å²) in [5.74, 6) is -3.84. The number of esters is 1. The Morgan fingerprint density at radius 1 is 1.35 bits per heavy atom. The largest absolute Gasteiger partial charge is 0.454 e. The van der Waals surface area contributed by atoms with Crippen molar-refractivity contribution in [1.82, 2.24) is 0 Å². The molecule has 4 nitrogen and oxygen atoms in total. The summed E-state index contributed by atoms with van der Waals surface area (Å²) >= 11 is 0. The van der Waals surface area contributed by atoms with Crippen LogP contribution in [0.5, 0.6) is 0 Å². The molecule has 0 spiro atoms. The van der Waals surface area contributed by atoms with Gasteiger partial charge in [0.2, 0.25) is 0 Å². The van der Waals surface area contributed by atoms with Gasteiger partial charge < -0.3 is 10.5 Å². The molecule has 0 aliphatic heterocycles. The third-order valence-corrected chi connectivity index (χ3v) is 2.02.